The van der Waals surface area contributed by atoms with Crippen LogP contribution in [0.3, 0.4) is 0 Å². The second-order valence-electron chi connectivity index (χ2n) is 3.96. The number of rotatable bonds is 3. The van der Waals surface area contributed by atoms with Gasteiger partial charge < -0.3 is 11.1 Å². The Balaban J connectivity index is 2.26. The molecule has 3 N–H and O–H groups in total. The molecule has 0 aliphatic carbocycles. The number of nitro groups is 1. The molecule has 0 spiro atoms. The van der Waals surface area contributed by atoms with Gasteiger partial charge in [-0.15, -0.1) is 0 Å². The van der Waals surface area contributed by atoms with Gasteiger partial charge in [-0.25, -0.2) is 4.39 Å². The highest BCUT2D eigenvalue weighted by Crippen LogP contribution is 2.20. The van der Waals surface area contributed by atoms with Gasteiger partial charge in [0, 0.05) is 17.8 Å². The van der Waals surface area contributed by atoms with Gasteiger partial charge in [-0.05, 0) is 18.2 Å². The summed E-state index contributed by atoms with van der Waals surface area (Å²) < 4.78 is 13.3. The Morgan fingerprint density at radius 3 is 2.65 bits per heavy atom. The molecule has 0 saturated heterocycles. The third kappa shape index (κ3) is 2.72. The van der Waals surface area contributed by atoms with Gasteiger partial charge in [0.25, 0.3) is 11.6 Å². The van der Waals surface area contributed by atoms with Crippen molar-refractivity contribution in [3.8, 4) is 0 Å². The predicted molar refractivity (Wildman–Crippen MR) is 71.9 cm³/mol. The Hall–Kier alpha value is -2.96. The van der Waals surface area contributed by atoms with E-state index in [1.54, 1.807) is 0 Å². The van der Waals surface area contributed by atoms with E-state index in [1.807, 2.05) is 0 Å². The van der Waals surface area contributed by atoms with Crippen LogP contribution in [0.2, 0.25) is 0 Å². The molecule has 0 aliphatic rings. The number of non-ortho nitro benzene ring substituents is 1. The number of nitrogens with one attached hydrogen (secondary N) is 1. The van der Waals surface area contributed by atoms with Gasteiger partial charge in [0.1, 0.15) is 5.82 Å². The molecule has 6 nitrogen and oxygen atoms in total. The quantitative estimate of drug-likeness (QED) is 0.511. The van der Waals surface area contributed by atoms with Crippen molar-refractivity contribution >= 4 is 23.0 Å². The van der Waals surface area contributed by atoms with Crippen LogP contribution < -0.4 is 11.1 Å². The lowest BCUT2D eigenvalue weighted by Gasteiger charge is -2.07. The molecule has 102 valence electrons. The zero-order valence-corrected chi connectivity index (χ0v) is 10.2. The van der Waals surface area contributed by atoms with Crippen LogP contribution >= 0.6 is 0 Å². The lowest BCUT2D eigenvalue weighted by Crippen LogP contribution is -2.14. The van der Waals surface area contributed by atoms with Crippen LogP contribution in [0.15, 0.2) is 42.5 Å². The Morgan fingerprint density at radius 2 is 1.95 bits per heavy atom. The highest BCUT2D eigenvalue weighted by atomic mass is 19.1. The maximum atomic E-state index is 13.3. The molecule has 1 amide bonds. The average molecular weight is 275 g/mol. The first kappa shape index (κ1) is 13.5. The molecule has 0 unspecified atom stereocenters. The molecule has 0 atom stereocenters. The van der Waals surface area contributed by atoms with Crippen molar-refractivity contribution in [2.45, 2.75) is 0 Å². The van der Waals surface area contributed by atoms with E-state index in [-0.39, 0.29) is 22.6 Å². The van der Waals surface area contributed by atoms with Crippen LogP contribution in [0, 0.1) is 15.9 Å². The van der Waals surface area contributed by atoms with Crippen molar-refractivity contribution in [3.05, 3.63) is 64.0 Å². The van der Waals surface area contributed by atoms with Gasteiger partial charge >= 0.3 is 0 Å². The normalized spacial score (nSPS) is 10.1. The van der Waals surface area contributed by atoms with Crippen LogP contribution in [0.25, 0.3) is 0 Å². The zero-order chi connectivity index (χ0) is 14.7. The van der Waals surface area contributed by atoms with Crippen molar-refractivity contribution < 1.29 is 14.1 Å². The Morgan fingerprint density at radius 1 is 1.25 bits per heavy atom. The number of benzene rings is 2. The number of hydrogen-bond donors (Lipinski definition) is 2. The Bertz CT molecular complexity index is 688. The van der Waals surface area contributed by atoms with E-state index < -0.39 is 16.6 Å². The summed E-state index contributed by atoms with van der Waals surface area (Å²) in [4.78, 5) is 22.0. The molecule has 0 bridgehead atoms. The van der Waals surface area contributed by atoms with Crippen molar-refractivity contribution in [2.75, 3.05) is 11.1 Å². The van der Waals surface area contributed by atoms with Crippen LogP contribution in [0.1, 0.15) is 10.4 Å². The van der Waals surface area contributed by atoms with Crippen LogP contribution in [-0.4, -0.2) is 10.8 Å². The minimum Gasteiger partial charge on any atom is -0.396 e. The number of amides is 1. The second kappa shape index (κ2) is 5.35. The maximum Gasteiger partial charge on any atom is 0.271 e. The molecule has 0 fully saturated rings. The molecule has 2 aromatic rings. The summed E-state index contributed by atoms with van der Waals surface area (Å²) in [5, 5.41) is 13.1. The molecule has 0 heterocycles. The summed E-state index contributed by atoms with van der Waals surface area (Å²) in [5.41, 5.74) is 5.24. The van der Waals surface area contributed by atoms with Crippen molar-refractivity contribution in [3.63, 3.8) is 0 Å². The molecule has 2 aromatic carbocycles. The van der Waals surface area contributed by atoms with E-state index in [2.05, 4.69) is 5.32 Å². The van der Waals surface area contributed by atoms with Gasteiger partial charge in [0.15, 0.2) is 0 Å². The molecule has 2 rings (SSSR count). The number of halogens is 1. The van der Waals surface area contributed by atoms with E-state index in [1.165, 1.54) is 36.4 Å². The SMILES string of the molecule is Nc1c(F)cccc1C(=O)Nc1cccc([N+](=O)[O-])c1. The molecule has 0 aliphatic heterocycles. The Labute approximate surface area is 113 Å². The number of carbonyl (C=O) groups is 1. The number of anilines is 2. The first-order chi connectivity index (χ1) is 9.49. The summed E-state index contributed by atoms with van der Waals surface area (Å²) in [7, 11) is 0. The minimum atomic E-state index is -0.698. The van der Waals surface area contributed by atoms with Gasteiger partial charge in [-0.1, -0.05) is 12.1 Å². The number of hydrogen-bond acceptors (Lipinski definition) is 4. The van der Waals surface area contributed by atoms with Gasteiger partial charge in [-0.3, -0.25) is 14.9 Å². The topological polar surface area (TPSA) is 98.3 Å². The lowest BCUT2D eigenvalue weighted by molar-refractivity contribution is -0.384. The largest absolute Gasteiger partial charge is 0.396 e. The highest BCUT2D eigenvalue weighted by molar-refractivity contribution is 6.07. The predicted octanol–water partition coefficient (Wildman–Crippen LogP) is 2.57. The fourth-order valence-corrected chi connectivity index (χ4v) is 1.63. The molecule has 0 aromatic heterocycles. The van der Waals surface area contributed by atoms with E-state index >= 15 is 0 Å². The second-order valence-corrected chi connectivity index (χ2v) is 3.96. The summed E-state index contributed by atoms with van der Waals surface area (Å²) in [6, 6.07) is 9.28. The molecular weight excluding hydrogens is 265 g/mol. The molecule has 20 heavy (non-hydrogen) atoms. The van der Waals surface area contributed by atoms with E-state index in [9.17, 15) is 19.3 Å². The number of nitrogen functional groups attached to an aromatic ring is 1. The molecule has 7 heteroatoms. The third-order valence-electron chi connectivity index (χ3n) is 2.61. The van der Waals surface area contributed by atoms with Crippen LogP contribution in [0.4, 0.5) is 21.5 Å². The molecular formula is C13H10FN3O3. The van der Waals surface area contributed by atoms with E-state index in [0.29, 0.717) is 0 Å². The zero-order valence-electron chi connectivity index (χ0n) is 10.2. The first-order valence-electron chi connectivity index (χ1n) is 5.59. The summed E-state index contributed by atoms with van der Waals surface area (Å²) in [6.07, 6.45) is 0. The number of nitro benzene ring substituents is 1. The van der Waals surface area contributed by atoms with Crippen molar-refractivity contribution in [2.24, 2.45) is 0 Å². The van der Waals surface area contributed by atoms with Gasteiger partial charge in [-0.2, -0.15) is 0 Å². The third-order valence-corrected chi connectivity index (χ3v) is 2.61. The number of nitrogens with zero attached hydrogens (tertiary/aromatic N) is 1. The smallest absolute Gasteiger partial charge is 0.271 e. The molecule has 0 radical (unpaired) electrons. The monoisotopic (exact) mass is 275 g/mol. The highest BCUT2D eigenvalue weighted by Gasteiger charge is 2.14. The van der Waals surface area contributed by atoms with Gasteiger partial charge in [0.2, 0.25) is 0 Å². The van der Waals surface area contributed by atoms with Crippen LogP contribution in [-0.2, 0) is 0 Å². The summed E-state index contributed by atoms with van der Waals surface area (Å²) in [6.45, 7) is 0. The summed E-state index contributed by atoms with van der Waals surface area (Å²) in [5.74, 6) is -1.33. The standard InChI is InChI=1S/C13H10FN3O3/c14-11-6-2-5-10(12(11)15)13(18)16-8-3-1-4-9(7-8)17(19)20/h1-7H,15H2,(H,16,18). The number of carbonyl (C=O) groups excluding carboxylic acids is 1. The van der Waals surface area contributed by atoms with Crippen LogP contribution in [0.5, 0.6) is 0 Å². The van der Waals surface area contributed by atoms with Crippen molar-refractivity contribution in [1.82, 2.24) is 0 Å². The molecule has 0 saturated carbocycles. The number of nitrogens with two attached hydrogens (primary N) is 1. The Kier molecular flexibility index (Phi) is 3.60. The maximum absolute atomic E-state index is 13.3. The van der Waals surface area contributed by atoms with E-state index in [4.69, 9.17) is 5.73 Å². The number of para-hydroxylation sites is 1. The fraction of sp³-hybridized carbons (Fsp3) is 0. The van der Waals surface area contributed by atoms with Crippen molar-refractivity contribution in [1.29, 1.82) is 0 Å². The fourth-order valence-electron chi connectivity index (χ4n) is 1.63. The minimum absolute atomic E-state index is 0.0310. The summed E-state index contributed by atoms with van der Waals surface area (Å²) >= 11 is 0. The van der Waals surface area contributed by atoms with Gasteiger partial charge in [0.05, 0.1) is 16.2 Å². The average Bonchev–Trinajstić information content (AvgIpc) is 2.42. The lowest BCUT2D eigenvalue weighted by atomic mass is 10.1. The van der Waals surface area contributed by atoms with E-state index in [0.717, 1.165) is 6.07 Å². The first-order valence-corrected chi connectivity index (χ1v) is 5.59.